The lowest BCUT2D eigenvalue weighted by atomic mass is 9.85. The molecule has 164 valence electrons. The van der Waals surface area contributed by atoms with Crippen molar-refractivity contribution >= 4 is 29.4 Å². The molecule has 3 amide bonds. The van der Waals surface area contributed by atoms with Gasteiger partial charge in [0, 0.05) is 5.69 Å². The van der Waals surface area contributed by atoms with Crippen LogP contribution >= 0.6 is 0 Å². The second kappa shape index (κ2) is 7.94. The van der Waals surface area contributed by atoms with Gasteiger partial charge < -0.3 is 10.1 Å². The summed E-state index contributed by atoms with van der Waals surface area (Å²) in [6, 6.07) is 4.49. The van der Waals surface area contributed by atoms with E-state index in [-0.39, 0.29) is 41.4 Å². The molecule has 5 atom stereocenters. The molecule has 2 bridgehead atoms. The number of carbonyl (C=O) groups is 4. The smallest absolute Gasteiger partial charge is 0.330 e. The highest BCUT2D eigenvalue weighted by atomic mass is 16.5. The number of amides is 3. The van der Waals surface area contributed by atoms with Gasteiger partial charge in [-0.2, -0.15) is 0 Å². The zero-order valence-electron chi connectivity index (χ0n) is 18.3. The van der Waals surface area contributed by atoms with Gasteiger partial charge >= 0.3 is 5.97 Å². The van der Waals surface area contributed by atoms with E-state index in [0.29, 0.717) is 5.69 Å². The number of benzene rings is 1. The molecular weight excluding hydrogens is 396 g/mol. The fourth-order valence-corrected chi connectivity index (χ4v) is 5.11. The van der Waals surface area contributed by atoms with Gasteiger partial charge in [-0.15, -0.1) is 0 Å². The van der Waals surface area contributed by atoms with Crippen LogP contribution in [0.4, 0.5) is 5.69 Å². The van der Waals surface area contributed by atoms with Crippen LogP contribution < -0.4 is 5.32 Å². The Morgan fingerprint density at radius 2 is 1.68 bits per heavy atom. The van der Waals surface area contributed by atoms with Crippen molar-refractivity contribution in [2.75, 3.05) is 11.9 Å². The van der Waals surface area contributed by atoms with Crippen molar-refractivity contribution in [1.29, 1.82) is 0 Å². The minimum Gasteiger partial charge on any atom is -0.454 e. The maximum Gasteiger partial charge on any atom is 0.330 e. The summed E-state index contributed by atoms with van der Waals surface area (Å²) in [5.41, 5.74) is 2.76. The topological polar surface area (TPSA) is 92.8 Å². The third-order valence-corrected chi connectivity index (χ3v) is 6.79. The monoisotopic (exact) mass is 424 g/mol. The summed E-state index contributed by atoms with van der Waals surface area (Å²) in [4.78, 5) is 52.3. The van der Waals surface area contributed by atoms with Crippen LogP contribution in [0.3, 0.4) is 0 Å². The molecule has 4 rings (SSSR count). The Morgan fingerprint density at radius 3 is 2.23 bits per heavy atom. The van der Waals surface area contributed by atoms with Crippen LogP contribution in [0.15, 0.2) is 30.4 Å². The van der Waals surface area contributed by atoms with Gasteiger partial charge in [0.05, 0.1) is 11.8 Å². The van der Waals surface area contributed by atoms with E-state index in [4.69, 9.17) is 4.74 Å². The highest BCUT2D eigenvalue weighted by Gasteiger charge is 2.61. The van der Waals surface area contributed by atoms with Crippen molar-refractivity contribution in [3.63, 3.8) is 0 Å². The lowest BCUT2D eigenvalue weighted by Crippen LogP contribution is -2.50. The number of fused-ring (bicyclic) bond motifs is 5. The summed E-state index contributed by atoms with van der Waals surface area (Å²) in [5, 5.41) is 2.70. The van der Waals surface area contributed by atoms with Crippen molar-refractivity contribution in [2.24, 2.45) is 29.6 Å². The Kier molecular flexibility index (Phi) is 5.45. The number of hydrogen-bond donors (Lipinski definition) is 1. The maximum absolute atomic E-state index is 13.1. The zero-order chi connectivity index (χ0) is 22.4. The van der Waals surface area contributed by atoms with Gasteiger partial charge in [-0.25, -0.2) is 4.79 Å². The van der Waals surface area contributed by atoms with Gasteiger partial charge in [-0.1, -0.05) is 32.1 Å². The molecule has 0 spiro atoms. The van der Waals surface area contributed by atoms with E-state index in [1.165, 1.54) is 0 Å². The zero-order valence-corrected chi connectivity index (χ0v) is 18.3. The SMILES string of the molecule is Cc1ccc(NC(=O)COC(=O)[C@H](C(C)C)N2C(=O)[C@H]3[C@H](C2=O)[C@H]2C=C[C@H]3C2)cc1C. The second-order valence-electron chi connectivity index (χ2n) is 9.19. The lowest BCUT2D eigenvalue weighted by Gasteiger charge is -2.28. The van der Waals surface area contributed by atoms with E-state index in [1.54, 1.807) is 19.9 Å². The van der Waals surface area contributed by atoms with Gasteiger partial charge in [0.1, 0.15) is 6.04 Å². The van der Waals surface area contributed by atoms with E-state index in [2.05, 4.69) is 5.32 Å². The van der Waals surface area contributed by atoms with Gasteiger partial charge in [0.2, 0.25) is 11.8 Å². The molecule has 1 aromatic carbocycles. The molecule has 2 aliphatic carbocycles. The summed E-state index contributed by atoms with van der Waals surface area (Å²) in [7, 11) is 0. The van der Waals surface area contributed by atoms with Gasteiger partial charge in [-0.05, 0) is 61.3 Å². The molecule has 0 aromatic heterocycles. The largest absolute Gasteiger partial charge is 0.454 e. The molecule has 1 aromatic rings. The summed E-state index contributed by atoms with van der Waals surface area (Å²) < 4.78 is 5.24. The first-order chi connectivity index (χ1) is 14.7. The number of rotatable bonds is 6. The third kappa shape index (κ3) is 3.66. The van der Waals surface area contributed by atoms with Gasteiger partial charge in [0.15, 0.2) is 6.61 Å². The standard InChI is InChI=1S/C24H28N2O5/c1-12(2)21(26-22(28)19-15-6-7-16(10-15)20(19)23(26)29)24(30)31-11-18(27)25-17-8-5-13(3)14(4)9-17/h5-9,12,15-16,19-21H,10-11H2,1-4H3,(H,25,27)/t15-,16-,19+,20+,21-/m0/s1. The number of aryl methyl sites for hydroxylation is 2. The lowest BCUT2D eigenvalue weighted by molar-refractivity contribution is -0.162. The minimum absolute atomic E-state index is 0.0732. The first-order valence-corrected chi connectivity index (χ1v) is 10.8. The Morgan fingerprint density at radius 1 is 1.06 bits per heavy atom. The number of nitrogens with zero attached hydrogens (tertiary/aromatic N) is 1. The molecule has 1 aliphatic heterocycles. The van der Waals surface area contributed by atoms with Crippen molar-refractivity contribution < 1.29 is 23.9 Å². The first kappa shape index (κ1) is 21.3. The van der Waals surface area contributed by atoms with Crippen molar-refractivity contribution in [3.8, 4) is 0 Å². The third-order valence-electron chi connectivity index (χ3n) is 6.79. The van der Waals surface area contributed by atoms with Crippen LogP contribution in [0.1, 0.15) is 31.4 Å². The predicted octanol–water partition coefficient (Wildman–Crippen LogP) is 2.62. The minimum atomic E-state index is -1.03. The van der Waals surface area contributed by atoms with E-state index in [0.717, 1.165) is 22.4 Å². The van der Waals surface area contributed by atoms with Gasteiger partial charge in [0.25, 0.3) is 5.91 Å². The molecule has 0 unspecified atom stereocenters. The highest BCUT2D eigenvalue weighted by Crippen LogP contribution is 2.53. The van der Waals surface area contributed by atoms with Crippen LogP contribution in [0.25, 0.3) is 0 Å². The molecule has 3 aliphatic rings. The van der Waals surface area contributed by atoms with E-state index in [1.807, 2.05) is 38.1 Å². The number of ether oxygens (including phenoxy) is 1. The number of hydrogen-bond acceptors (Lipinski definition) is 5. The van der Waals surface area contributed by atoms with Crippen LogP contribution in [0.5, 0.6) is 0 Å². The van der Waals surface area contributed by atoms with Gasteiger partial charge in [-0.3, -0.25) is 19.3 Å². The number of likely N-dealkylation sites (tertiary alicyclic amines) is 1. The average Bonchev–Trinajstić information content (AvgIpc) is 3.39. The highest BCUT2D eigenvalue weighted by molar-refractivity contribution is 6.09. The van der Waals surface area contributed by atoms with Crippen LogP contribution in [-0.4, -0.2) is 41.2 Å². The molecule has 0 radical (unpaired) electrons. The van der Waals surface area contributed by atoms with Crippen molar-refractivity contribution in [1.82, 2.24) is 4.90 Å². The normalized spacial score (nSPS) is 27.1. The fraction of sp³-hybridized carbons (Fsp3) is 0.500. The summed E-state index contributed by atoms with van der Waals surface area (Å²) in [6.45, 7) is 6.97. The molecule has 1 heterocycles. The maximum atomic E-state index is 13.1. The summed E-state index contributed by atoms with van der Waals surface area (Å²) in [6.07, 6.45) is 4.86. The number of allylic oxidation sites excluding steroid dienone is 2. The van der Waals surface area contributed by atoms with E-state index < -0.39 is 24.5 Å². The predicted molar refractivity (Wildman–Crippen MR) is 114 cm³/mol. The molecule has 2 fully saturated rings. The average molecular weight is 424 g/mol. The number of anilines is 1. The Hall–Kier alpha value is -2.96. The Labute approximate surface area is 181 Å². The Bertz CT molecular complexity index is 952. The summed E-state index contributed by atoms with van der Waals surface area (Å²) >= 11 is 0. The number of esters is 1. The second-order valence-corrected chi connectivity index (χ2v) is 9.19. The van der Waals surface area contributed by atoms with E-state index in [9.17, 15) is 19.2 Å². The van der Waals surface area contributed by atoms with E-state index >= 15 is 0 Å². The van der Waals surface area contributed by atoms with Crippen LogP contribution in [0.2, 0.25) is 0 Å². The number of imide groups is 1. The van der Waals surface area contributed by atoms with Crippen molar-refractivity contribution in [3.05, 3.63) is 41.5 Å². The molecule has 1 saturated carbocycles. The van der Waals surface area contributed by atoms with Crippen LogP contribution in [-0.2, 0) is 23.9 Å². The fourth-order valence-electron chi connectivity index (χ4n) is 5.11. The first-order valence-electron chi connectivity index (χ1n) is 10.8. The van der Waals surface area contributed by atoms with Crippen LogP contribution in [0, 0.1) is 43.4 Å². The molecular formula is C24H28N2O5. The molecule has 1 saturated heterocycles. The molecule has 31 heavy (non-hydrogen) atoms. The number of carbonyl (C=O) groups excluding carboxylic acids is 4. The quantitative estimate of drug-likeness (QED) is 0.431. The number of nitrogens with one attached hydrogen (secondary N) is 1. The molecule has 7 nitrogen and oxygen atoms in total. The molecule has 7 heteroatoms. The Balaban J connectivity index is 1.41. The summed E-state index contributed by atoms with van der Waals surface area (Å²) in [5.74, 6) is -2.70. The van der Waals surface area contributed by atoms with Crippen molar-refractivity contribution in [2.45, 2.75) is 40.2 Å². The molecule has 1 N–H and O–H groups in total.